The molecule has 0 radical (unpaired) electrons. The predicted octanol–water partition coefficient (Wildman–Crippen LogP) is 4.58. The van der Waals surface area contributed by atoms with Crippen LogP contribution in [0.25, 0.3) is 0 Å². The molecule has 0 atom stereocenters. The van der Waals surface area contributed by atoms with Gasteiger partial charge in [0.05, 0.1) is 11.6 Å². The topological polar surface area (TPSA) is 50.7 Å². The second-order valence-corrected chi connectivity index (χ2v) is 6.76. The number of nitrogens with one attached hydrogen (secondary N) is 1. The van der Waals surface area contributed by atoms with E-state index in [1.165, 1.54) is 0 Å². The molecule has 3 aromatic rings. The maximum atomic E-state index is 8.95. The van der Waals surface area contributed by atoms with E-state index in [0.717, 1.165) is 16.7 Å². The molecule has 3 aromatic carbocycles. The summed E-state index contributed by atoms with van der Waals surface area (Å²) in [5.74, 6) is 1.14. The molecule has 0 aromatic heterocycles. The minimum atomic E-state index is 0.0867. The SMILES string of the molecule is OCCNCc1cc(Cl)c(OCc2ccccc2)c(OCc2ccccc2)c1. The third-order valence-corrected chi connectivity index (χ3v) is 4.43. The van der Waals surface area contributed by atoms with Gasteiger partial charge in [0, 0.05) is 13.1 Å². The monoisotopic (exact) mass is 397 g/mol. The Balaban J connectivity index is 1.78. The van der Waals surface area contributed by atoms with Crippen LogP contribution in [0.2, 0.25) is 5.02 Å². The zero-order valence-corrected chi connectivity index (χ0v) is 16.4. The Labute approximate surface area is 170 Å². The molecule has 0 bridgehead atoms. The van der Waals surface area contributed by atoms with Crippen LogP contribution in [0.5, 0.6) is 11.5 Å². The van der Waals surface area contributed by atoms with Crippen LogP contribution in [0, 0.1) is 0 Å². The van der Waals surface area contributed by atoms with Crippen molar-refractivity contribution in [1.82, 2.24) is 5.32 Å². The maximum Gasteiger partial charge on any atom is 0.180 e. The van der Waals surface area contributed by atoms with Gasteiger partial charge >= 0.3 is 0 Å². The highest BCUT2D eigenvalue weighted by Gasteiger charge is 2.13. The minimum Gasteiger partial charge on any atom is -0.485 e. The summed E-state index contributed by atoms with van der Waals surface area (Å²) in [4.78, 5) is 0. The lowest BCUT2D eigenvalue weighted by Gasteiger charge is -2.16. The summed E-state index contributed by atoms with van der Waals surface area (Å²) in [6.45, 7) is 2.02. The van der Waals surface area contributed by atoms with E-state index < -0.39 is 0 Å². The fourth-order valence-electron chi connectivity index (χ4n) is 2.75. The number of halogens is 1. The molecule has 0 spiro atoms. The van der Waals surface area contributed by atoms with Gasteiger partial charge in [-0.1, -0.05) is 72.3 Å². The maximum absolute atomic E-state index is 8.95. The van der Waals surface area contributed by atoms with Crippen LogP contribution in [-0.4, -0.2) is 18.3 Å². The lowest BCUT2D eigenvalue weighted by Crippen LogP contribution is -2.17. The van der Waals surface area contributed by atoms with Crippen molar-refractivity contribution in [3.63, 3.8) is 0 Å². The van der Waals surface area contributed by atoms with Crippen molar-refractivity contribution in [1.29, 1.82) is 0 Å². The summed E-state index contributed by atoms with van der Waals surface area (Å²) in [5.41, 5.74) is 3.09. The summed E-state index contributed by atoms with van der Waals surface area (Å²) in [7, 11) is 0. The molecule has 28 heavy (non-hydrogen) atoms. The summed E-state index contributed by atoms with van der Waals surface area (Å²) >= 11 is 6.51. The van der Waals surface area contributed by atoms with Gasteiger partial charge in [-0.05, 0) is 28.8 Å². The van der Waals surface area contributed by atoms with Gasteiger partial charge in [-0.15, -0.1) is 0 Å². The summed E-state index contributed by atoms with van der Waals surface area (Å²) in [6, 6.07) is 23.7. The molecule has 146 valence electrons. The van der Waals surface area contributed by atoms with Crippen LogP contribution in [-0.2, 0) is 19.8 Å². The van der Waals surface area contributed by atoms with Gasteiger partial charge in [-0.3, -0.25) is 0 Å². The second kappa shape index (κ2) is 10.7. The fraction of sp³-hybridized carbons (Fsp3) is 0.217. The molecular formula is C23H24ClNO3. The summed E-state index contributed by atoms with van der Waals surface area (Å²) < 4.78 is 12.1. The Morgan fingerprint density at radius 1 is 0.786 bits per heavy atom. The fourth-order valence-corrected chi connectivity index (χ4v) is 3.04. The highest BCUT2D eigenvalue weighted by atomic mass is 35.5. The van der Waals surface area contributed by atoms with Crippen LogP contribution in [0.4, 0.5) is 0 Å². The van der Waals surface area contributed by atoms with Crippen molar-refractivity contribution >= 4 is 11.6 Å². The standard InChI is InChI=1S/C23H24ClNO3/c24-21-13-20(15-25-11-12-26)14-22(27-16-18-7-3-1-4-8-18)23(21)28-17-19-9-5-2-6-10-19/h1-10,13-14,25-26H,11-12,15-17H2. The predicted molar refractivity (Wildman–Crippen MR) is 112 cm³/mol. The van der Waals surface area contributed by atoms with Crippen LogP contribution >= 0.6 is 11.6 Å². The van der Waals surface area contributed by atoms with Crippen molar-refractivity contribution < 1.29 is 14.6 Å². The summed E-state index contributed by atoms with van der Waals surface area (Å²) in [6.07, 6.45) is 0. The Hall–Kier alpha value is -2.53. The molecule has 0 saturated carbocycles. The first-order valence-electron chi connectivity index (χ1n) is 9.23. The molecule has 2 N–H and O–H groups in total. The molecule has 5 heteroatoms. The van der Waals surface area contributed by atoms with Crippen molar-refractivity contribution in [2.45, 2.75) is 19.8 Å². The van der Waals surface area contributed by atoms with E-state index in [4.69, 9.17) is 26.2 Å². The minimum absolute atomic E-state index is 0.0867. The van der Waals surface area contributed by atoms with E-state index in [1.54, 1.807) is 0 Å². The van der Waals surface area contributed by atoms with Crippen molar-refractivity contribution in [2.24, 2.45) is 0 Å². The summed E-state index contributed by atoms with van der Waals surface area (Å²) in [5, 5.41) is 12.6. The first-order valence-corrected chi connectivity index (χ1v) is 9.61. The van der Waals surface area contributed by atoms with Gasteiger partial charge in [0.1, 0.15) is 13.2 Å². The Morgan fingerprint density at radius 2 is 1.39 bits per heavy atom. The zero-order chi connectivity index (χ0) is 19.6. The third kappa shape index (κ3) is 5.99. The van der Waals surface area contributed by atoms with E-state index in [-0.39, 0.29) is 6.61 Å². The van der Waals surface area contributed by atoms with Gasteiger partial charge < -0.3 is 19.9 Å². The quantitative estimate of drug-likeness (QED) is 0.492. The molecule has 4 nitrogen and oxygen atoms in total. The molecule has 0 aliphatic carbocycles. The van der Waals surface area contributed by atoms with Crippen LogP contribution < -0.4 is 14.8 Å². The number of rotatable bonds is 10. The highest BCUT2D eigenvalue weighted by Crippen LogP contribution is 2.37. The van der Waals surface area contributed by atoms with Crippen LogP contribution in [0.1, 0.15) is 16.7 Å². The molecule has 0 saturated heterocycles. The molecule has 0 aliphatic rings. The smallest absolute Gasteiger partial charge is 0.180 e. The highest BCUT2D eigenvalue weighted by molar-refractivity contribution is 6.32. The average molecular weight is 398 g/mol. The van der Waals surface area contributed by atoms with Gasteiger partial charge in [0.15, 0.2) is 11.5 Å². The lowest BCUT2D eigenvalue weighted by molar-refractivity contribution is 0.255. The largest absolute Gasteiger partial charge is 0.485 e. The molecule has 0 fully saturated rings. The number of benzene rings is 3. The van der Waals surface area contributed by atoms with Crippen molar-refractivity contribution in [3.05, 3.63) is 94.5 Å². The Bertz CT molecular complexity index is 856. The molecule has 0 amide bonds. The second-order valence-electron chi connectivity index (χ2n) is 6.35. The number of aliphatic hydroxyl groups is 1. The lowest BCUT2D eigenvalue weighted by atomic mass is 10.2. The van der Waals surface area contributed by atoms with Gasteiger partial charge in [0.25, 0.3) is 0 Å². The van der Waals surface area contributed by atoms with Crippen molar-refractivity contribution in [2.75, 3.05) is 13.2 Å². The molecule has 3 rings (SSSR count). The zero-order valence-electron chi connectivity index (χ0n) is 15.6. The molecular weight excluding hydrogens is 374 g/mol. The van der Waals surface area contributed by atoms with Gasteiger partial charge in [-0.2, -0.15) is 0 Å². The van der Waals surface area contributed by atoms with Gasteiger partial charge in [0.2, 0.25) is 0 Å². The molecule has 0 aliphatic heterocycles. The van der Waals surface area contributed by atoms with E-state index in [2.05, 4.69) is 5.32 Å². The average Bonchev–Trinajstić information content (AvgIpc) is 2.73. The Kier molecular flexibility index (Phi) is 7.73. The number of ether oxygens (including phenoxy) is 2. The van der Waals surface area contributed by atoms with E-state index in [0.29, 0.717) is 42.8 Å². The van der Waals surface area contributed by atoms with E-state index >= 15 is 0 Å². The normalized spacial score (nSPS) is 10.6. The van der Waals surface area contributed by atoms with Crippen LogP contribution in [0.3, 0.4) is 0 Å². The molecule has 0 heterocycles. The Morgan fingerprint density at radius 3 is 2.00 bits per heavy atom. The van der Waals surface area contributed by atoms with Gasteiger partial charge in [-0.25, -0.2) is 0 Å². The van der Waals surface area contributed by atoms with E-state index in [9.17, 15) is 0 Å². The third-order valence-electron chi connectivity index (χ3n) is 4.15. The number of hydrogen-bond donors (Lipinski definition) is 2. The first-order chi connectivity index (χ1) is 13.8. The first kappa shape index (κ1) is 20.2. The number of hydrogen-bond acceptors (Lipinski definition) is 4. The number of aliphatic hydroxyl groups excluding tert-OH is 1. The van der Waals surface area contributed by atoms with Crippen LogP contribution in [0.15, 0.2) is 72.8 Å². The van der Waals surface area contributed by atoms with Crippen molar-refractivity contribution in [3.8, 4) is 11.5 Å². The molecule has 0 unspecified atom stereocenters. The van der Waals surface area contributed by atoms with E-state index in [1.807, 2.05) is 72.8 Å².